The van der Waals surface area contributed by atoms with Crippen molar-refractivity contribution in [3.8, 4) is 11.1 Å². The molecule has 0 spiro atoms. The molecule has 0 aliphatic rings. The van der Waals surface area contributed by atoms with Crippen molar-refractivity contribution in [1.82, 2.24) is 0 Å². The van der Waals surface area contributed by atoms with E-state index in [0.29, 0.717) is 11.0 Å². The molecule has 23 heavy (non-hydrogen) atoms. The first-order chi connectivity index (χ1) is 10.9. The number of hydrogen-bond acceptors (Lipinski definition) is 3. The zero-order valence-electron chi connectivity index (χ0n) is 13.2. The first kappa shape index (κ1) is 15.3. The Morgan fingerprint density at radius 3 is 2.43 bits per heavy atom. The van der Waals surface area contributed by atoms with Gasteiger partial charge in [0.25, 0.3) is 0 Å². The average Bonchev–Trinajstić information content (AvgIpc) is 2.92. The van der Waals surface area contributed by atoms with E-state index >= 15 is 0 Å². The molecule has 0 saturated carbocycles. The molecule has 2 aromatic carbocycles. The fourth-order valence-electron chi connectivity index (χ4n) is 2.63. The van der Waals surface area contributed by atoms with Gasteiger partial charge in [-0.3, -0.25) is 4.79 Å². The zero-order chi connectivity index (χ0) is 16.6. The highest BCUT2D eigenvalue weighted by Gasteiger charge is 2.38. The minimum Gasteiger partial charge on any atom is -0.468 e. The Labute approximate surface area is 133 Å². The number of halogens is 1. The number of furan rings is 1. The van der Waals surface area contributed by atoms with Gasteiger partial charge in [-0.2, -0.15) is 0 Å². The predicted octanol–water partition coefficient (Wildman–Crippen LogP) is 4.69. The number of methoxy groups -OCH3 is 1. The first-order valence-electron chi connectivity index (χ1n) is 7.31. The third-order valence-corrected chi connectivity index (χ3v) is 4.00. The van der Waals surface area contributed by atoms with Gasteiger partial charge in [0.1, 0.15) is 11.0 Å². The van der Waals surface area contributed by atoms with Crippen LogP contribution in [0.2, 0.25) is 0 Å². The number of ether oxygens (including phenoxy) is 1. The van der Waals surface area contributed by atoms with Crippen LogP contribution in [0.3, 0.4) is 0 Å². The second-order valence-corrected chi connectivity index (χ2v) is 5.94. The van der Waals surface area contributed by atoms with Crippen LogP contribution in [0.15, 0.2) is 52.9 Å². The summed E-state index contributed by atoms with van der Waals surface area (Å²) >= 11 is 0. The predicted molar refractivity (Wildman–Crippen MR) is 86.7 cm³/mol. The Hall–Kier alpha value is -2.62. The second-order valence-electron chi connectivity index (χ2n) is 5.94. The number of benzene rings is 2. The first-order valence-corrected chi connectivity index (χ1v) is 7.31. The van der Waals surface area contributed by atoms with Crippen LogP contribution in [0.1, 0.15) is 19.6 Å². The van der Waals surface area contributed by atoms with Crippen LogP contribution in [-0.4, -0.2) is 13.1 Å². The van der Waals surface area contributed by atoms with Crippen LogP contribution in [-0.2, 0) is 14.9 Å². The summed E-state index contributed by atoms with van der Waals surface area (Å²) in [7, 11) is 1.28. The van der Waals surface area contributed by atoms with E-state index in [9.17, 15) is 9.18 Å². The molecule has 0 aliphatic carbocycles. The van der Waals surface area contributed by atoms with Crippen LogP contribution in [0, 0.1) is 5.82 Å². The molecule has 3 rings (SSSR count). The summed E-state index contributed by atoms with van der Waals surface area (Å²) in [5.74, 6) is -1.07. The molecule has 1 aromatic heterocycles. The largest absolute Gasteiger partial charge is 0.468 e. The molecule has 0 atom stereocenters. The minimum atomic E-state index is -1.19. The van der Waals surface area contributed by atoms with E-state index in [4.69, 9.17) is 9.15 Å². The molecular formula is C19H17FO3. The maximum absolute atomic E-state index is 14.8. The fourth-order valence-corrected chi connectivity index (χ4v) is 2.63. The van der Waals surface area contributed by atoms with Gasteiger partial charge in [0.15, 0.2) is 11.6 Å². The van der Waals surface area contributed by atoms with E-state index in [2.05, 4.69) is 0 Å². The molecule has 0 N–H and O–H groups in total. The standard InChI is InChI=1S/C19H17FO3/c1-19(2,18(21)22-3)17-16(20)14-11-13(9-10-15(14)23-17)12-7-5-4-6-8-12/h4-11H,1-3H3. The number of hydrogen-bond donors (Lipinski definition) is 0. The molecule has 0 radical (unpaired) electrons. The highest BCUT2D eigenvalue weighted by atomic mass is 19.1. The van der Waals surface area contributed by atoms with Gasteiger partial charge in [0, 0.05) is 0 Å². The summed E-state index contributed by atoms with van der Waals surface area (Å²) in [6, 6.07) is 15.0. The Bertz CT molecular complexity index is 863. The highest BCUT2D eigenvalue weighted by molar-refractivity contribution is 5.88. The second kappa shape index (κ2) is 5.54. The molecule has 0 bridgehead atoms. The van der Waals surface area contributed by atoms with Crippen LogP contribution in [0.5, 0.6) is 0 Å². The highest BCUT2D eigenvalue weighted by Crippen LogP contribution is 2.36. The van der Waals surface area contributed by atoms with Crippen molar-refractivity contribution < 1.29 is 18.3 Å². The van der Waals surface area contributed by atoms with E-state index in [0.717, 1.165) is 11.1 Å². The molecule has 1 heterocycles. The van der Waals surface area contributed by atoms with Crippen molar-refractivity contribution in [3.05, 3.63) is 60.1 Å². The Balaban J connectivity index is 2.15. The molecule has 3 nitrogen and oxygen atoms in total. The molecule has 0 unspecified atom stereocenters. The summed E-state index contributed by atoms with van der Waals surface area (Å²) < 4.78 is 25.2. The lowest BCUT2D eigenvalue weighted by molar-refractivity contribution is -0.146. The number of carbonyl (C=O) groups is 1. The van der Waals surface area contributed by atoms with Gasteiger partial charge >= 0.3 is 5.97 Å². The topological polar surface area (TPSA) is 39.4 Å². The molecule has 3 aromatic rings. The van der Waals surface area contributed by atoms with Gasteiger partial charge in [-0.25, -0.2) is 4.39 Å². The molecule has 118 valence electrons. The molecule has 0 saturated heterocycles. The number of rotatable bonds is 3. The smallest absolute Gasteiger partial charge is 0.319 e. The van der Waals surface area contributed by atoms with E-state index in [1.54, 1.807) is 26.0 Å². The van der Waals surface area contributed by atoms with Gasteiger partial charge < -0.3 is 9.15 Å². The monoisotopic (exact) mass is 312 g/mol. The summed E-state index contributed by atoms with van der Waals surface area (Å²) in [6.45, 7) is 3.16. The van der Waals surface area contributed by atoms with Gasteiger partial charge in [-0.05, 0) is 37.1 Å². The van der Waals surface area contributed by atoms with Crippen molar-refractivity contribution >= 4 is 16.9 Å². The van der Waals surface area contributed by atoms with Gasteiger partial charge in [-0.1, -0.05) is 36.4 Å². The lowest BCUT2D eigenvalue weighted by atomic mass is 9.90. The van der Waals surface area contributed by atoms with Crippen molar-refractivity contribution in [2.24, 2.45) is 0 Å². The van der Waals surface area contributed by atoms with Crippen LogP contribution < -0.4 is 0 Å². The Morgan fingerprint density at radius 2 is 1.78 bits per heavy atom. The number of carbonyl (C=O) groups excluding carboxylic acids is 1. The lowest BCUT2D eigenvalue weighted by Crippen LogP contribution is -2.30. The molecule has 4 heteroatoms. The molecular weight excluding hydrogens is 295 g/mol. The van der Waals surface area contributed by atoms with Crippen LogP contribution in [0.25, 0.3) is 22.1 Å². The lowest BCUT2D eigenvalue weighted by Gasteiger charge is -2.18. The van der Waals surface area contributed by atoms with Gasteiger partial charge in [0.2, 0.25) is 0 Å². The normalized spacial score (nSPS) is 11.7. The maximum Gasteiger partial charge on any atom is 0.319 e. The number of fused-ring (bicyclic) bond motifs is 1. The summed E-state index contributed by atoms with van der Waals surface area (Å²) in [5, 5.41) is 0.360. The third-order valence-electron chi connectivity index (χ3n) is 4.00. The molecule has 0 fully saturated rings. The SMILES string of the molecule is COC(=O)C(C)(C)c1oc2ccc(-c3ccccc3)cc2c1F. The minimum absolute atomic E-state index is 0.00967. The van der Waals surface area contributed by atoms with Crippen molar-refractivity contribution in [2.45, 2.75) is 19.3 Å². The van der Waals surface area contributed by atoms with E-state index in [1.807, 2.05) is 36.4 Å². The van der Waals surface area contributed by atoms with Crippen molar-refractivity contribution in [2.75, 3.05) is 7.11 Å². The third kappa shape index (κ3) is 2.50. The summed E-state index contributed by atoms with van der Waals surface area (Å²) in [5.41, 5.74) is 1.10. The summed E-state index contributed by atoms with van der Waals surface area (Å²) in [4.78, 5) is 11.9. The summed E-state index contributed by atoms with van der Waals surface area (Å²) in [6.07, 6.45) is 0. The van der Waals surface area contributed by atoms with Gasteiger partial charge in [0.05, 0.1) is 12.5 Å². The Kier molecular flexibility index (Phi) is 3.68. The van der Waals surface area contributed by atoms with Crippen LogP contribution >= 0.6 is 0 Å². The van der Waals surface area contributed by atoms with Gasteiger partial charge in [-0.15, -0.1) is 0 Å². The average molecular weight is 312 g/mol. The van der Waals surface area contributed by atoms with Crippen molar-refractivity contribution in [3.63, 3.8) is 0 Å². The molecule has 0 aliphatic heterocycles. The quantitative estimate of drug-likeness (QED) is 0.659. The van der Waals surface area contributed by atoms with Crippen LogP contribution in [0.4, 0.5) is 4.39 Å². The van der Waals surface area contributed by atoms with E-state index in [-0.39, 0.29) is 5.76 Å². The number of esters is 1. The fraction of sp³-hybridized carbons (Fsp3) is 0.211. The Morgan fingerprint density at radius 1 is 1.09 bits per heavy atom. The van der Waals surface area contributed by atoms with E-state index < -0.39 is 17.2 Å². The maximum atomic E-state index is 14.8. The van der Waals surface area contributed by atoms with E-state index in [1.165, 1.54) is 7.11 Å². The molecule has 0 amide bonds. The van der Waals surface area contributed by atoms with Crippen molar-refractivity contribution in [1.29, 1.82) is 0 Å². The zero-order valence-corrected chi connectivity index (χ0v) is 13.2.